The molecule has 1 saturated heterocycles. The average molecular weight is 1040 g/mol. The number of hydrogen-bond donors (Lipinski definition) is 6. The molecule has 11 aliphatic carbocycles. The average Bonchev–Trinajstić information content (AvgIpc) is 3.58. The summed E-state index contributed by atoms with van der Waals surface area (Å²) in [6.07, 6.45) is 17.9. The largest absolute Gasteiger partial charge is 0.454 e. The van der Waals surface area contributed by atoms with Crippen molar-refractivity contribution in [1.29, 1.82) is 0 Å². The van der Waals surface area contributed by atoms with E-state index in [0.29, 0.717) is 93.5 Å². The second-order valence-corrected chi connectivity index (χ2v) is 27.9. The van der Waals surface area contributed by atoms with Crippen LogP contribution in [-0.2, 0) is 32.1 Å². The Labute approximate surface area is 451 Å². The second-order valence-electron chi connectivity index (χ2n) is 27.9. The highest BCUT2D eigenvalue weighted by Crippen LogP contribution is 2.83. The van der Waals surface area contributed by atoms with Crippen LogP contribution in [0.4, 0.5) is 0 Å². The first-order chi connectivity index (χ1) is 36.8. The van der Waals surface area contributed by atoms with Gasteiger partial charge in [-0.25, -0.2) is 4.79 Å². The van der Waals surface area contributed by atoms with Crippen molar-refractivity contribution >= 4 is 12.3 Å². The maximum Gasteiger partial charge on any atom is 0.331 e. The maximum atomic E-state index is 15.6. The van der Waals surface area contributed by atoms with E-state index in [4.69, 9.17) is 9.47 Å². The van der Waals surface area contributed by atoms with E-state index in [9.17, 15) is 20.1 Å². The van der Waals surface area contributed by atoms with E-state index < -0.39 is 57.0 Å². The molecule has 21 atom stereocenters. The Morgan fingerprint density at radius 2 is 1.66 bits per heavy atom. The van der Waals surface area contributed by atoms with Crippen LogP contribution < -0.4 is 5.32 Å². The molecular weight excluding hydrogens is 951 g/mol. The molecule has 0 radical (unpaired) electrons. The molecule has 9 saturated carbocycles. The fraction of sp³-hybridized carbons (Fsp3) is 0.727. The lowest BCUT2D eigenvalue weighted by atomic mass is 9.31. The van der Waals surface area contributed by atoms with Crippen LogP contribution in [0.1, 0.15) is 164 Å². The van der Waals surface area contributed by atoms with Gasteiger partial charge in [0, 0.05) is 64.7 Å². The summed E-state index contributed by atoms with van der Waals surface area (Å²) < 4.78 is 13.8. The van der Waals surface area contributed by atoms with Crippen LogP contribution in [0.25, 0.3) is 0 Å². The number of benzene rings is 2. The van der Waals surface area contributed by atoms with Crippen LogP contribution >= 0.6 is 0 Å². The molecule has 2 aliphatic heterocycles. The van der Waals surface area contributed by atoms with Crippen molar-refractivity contribution in [2.45, 2.75) is 189 Å². The highest BCUT2D eigenvalue weighted by atomic mass is 16.5. The van der Waals surface area contributed by atoms with Crippen molar-refractivity contribution in [3.63, 3.8) is 0 Å². The number of esters is 1. The number of rotatable bonds is 7. The number of hydrogen-bond acceptors (Lipinski definition) is 10. The lowest BCUT2D eigenvalue weighted by molar-refractivity contribution is -0.369. The van der Waals surface area contributed by atoms with E-state index in [2.05, 4.69) is 54.4 Å². The number of carbonyl (C=O) groups is 2. The highest BCUT2D eigenvalue weighted by molar-refractivity contribution is 5.87. The molecule has 76 heavy (non-hydrogen) atoms. The standard InChI is InChI=1S/C66H85NO9/c1-39(40-11-6-7-12-40)43-18-21-53-59-62(47(23-26-75-59)29-46-27-44(19-20-52(46)62)41-13-4-3-5-14-41)36-60(37-69)56-22-25-61-24-9-8-15-42-16-10-17-45(35-68)50(42)31-55(67-2)51-30-48(63(61,38-70)54-32-57(71)76-58(51)54)34-65(61,73)64(56,72)33-49(28-43)66(53,60)74/h3-5,10,13-14,16-17,32,37,39-40,43-44,46-49,51-53,55-56,58-59,67-68,70,72-74H,6-7,9,11-12,18-31,33-36,38H2,1-2H3. The number of nitrogens with one attached hydrogen (secondary N) is 1. The SMILES string of the molecule is CNC1Cc2c(cccc2CO)C#CCCC23CCC4C(O)(CC5CC(C(C)C6CCCC6)CCC6C7OCCC8CC9CC(c%10ccccc%10)CCC9C87CC4(C=O)C56O)C2(O)CC2CC1C1OC(=O)C=C1C23CO. The first-order valence-corrected chi connectivity index (χ1v) is 30.5. The number of likely N-dealkylation sites (N-methyl/N-ethyl adjacent to an activating group) is 1. The van der Waals surface area contributed by atoms with Crippen molar-refractivity contribution in [3.05, 3.63) is 82.4 Å². The number of ether oxygens (including phenoxy) is 2. The highest BCUT2D eigenvalue weighted by Gasteiger charge is 2.88. The Morgan fingerprint density at radius 1 is 0.842 bits per heavy atom. The minimum absolute atomic E-state index is 0.132. The molecule has 2 spiro atoms. The lowest BCUT2D eigenvalue weighted by Gasteiger charge is -2.75. The molecule has 2 heterocycles. The quantitative estimate of drug-likeness (QED) is 0.0898. The van der Waals surface area contributed by atoms with Crippen LogP contribution in [-0.4, -0.2) is 93.1 Å². The lowest BCUT2D eigenvalue weighted by Crippen LogP contribution is -2.83. The molecule has 15 rings (SSSR count). The molecule has 6 N–H and O–H groups in total. The third-order valence-electron chi connectivity index (χ3n) is 26.4. The number of carbonyl (C=O) groups excluding carboxylic acids is 2. The van der Waals surface area contributed by atoms with Crippen LogP contribution in [0, 0.1) is 98.6 Å². The topological polar surface area (TPSA) is 166 Å². The van der Waals surface area contributed by atoms with Gasteiger partial charge in [0.2, 0.25) is 0 Å². The van der Waals surface area contributed by atoms with Gasteiger partial charge in [0.1, 0.15) is 18.0 Å². The Morgan fingerprint density at radius 3 is 2.43 bits per heavy atom. The van der Waals surface area contributed by atoms with E-state index in [1.54, 1.807) is 6.08 Å². The van der Waals surface area contributed by atoms with E-state index in [-0.39, 0.29) is 67.3 Å². The van der Waals surface area contributed by atoms with E-state index in [1.165, 1.54) is 37.5 Å². The zero-order chi connectivity index (χ0) is 52.2. The van der Waals surface area contributed by atoms with Crippen molar-refractivity contribution in [1.82, 2.24) is 5.32 Å². The van der Waals surface area contributed by atoms with E-state index >= 15 is 15.0 Å². The molecule has 4 bridgehead atoms. The molecule has 408 valence electrons. The van der Waals surface area contributed by atoms with Gasteiger partial charge in [-0.2, -0.15) is 0 Å². The minimum Gasteiger partial charge on any atom is -0.454 e. The Balaban J connectivity index is 0.947. The molecule has 2 aromatic rings. The van der Waals surface area contributed by atoms with Gasteiger partial charge in [-0.15, -0.1) is 0 Å². The van der Waals surface area contributed by atoms with Crippen LogP contribution in [0.5, 0.6) is 0 Å². The predicted octanol–water partition coefficient (Wildman–Crippen LogP) is 8.76. The third kappa shape index (κ3) is 6.38. The Bertz CT molecular complexity index is 2730. The second kappa shape index (κ2) is 18.1. The Hall–Kier alpha value is -3.40. The van der Waals surface area contributed by atoms with Gasteiger partial charge in [0.25, 0.3) is 0 Å². The van der Waals surface area contributed by atoms with Crippen molar-refractivity contribution < 1.29 is 44.6 Å². The summed E-state index contributed by atoms with van der Waals surface area (Å²) >= 11 is 0. The summed E-state index contributed by atoms with van der Waals surface area (Å²) in [5.41, 5.74) is -4.40. The predicted molar refractivity (Wildman–Crippen MR) is 287 cm³/mol. The number of aldehydes is 1. The van der Waals surface area contributed by atoms with Gasteiger partial charge in [0.15, 0.2) is 0 Å². The molecule has 0 amide bonds. The third-order valence-corrected chi connectivity index (χ3v) is 26.4. The van der Waals surface area contributed by atoms with Crippen LogP contribution in [0.2, 0.25) is 0 Å². The fourth-order valence-electron chi connectivity index (χ4n) is 23.6. The number of aliphatic hydroxyl groups is 5. The van der Waals surface area contributed by atoms with Crippen LogP contribution in [0.15, 0.2) is 60.2 Å². The first kappa shape index (κ1) is 50.8. The van der Waals surface area contributed by atoms with Crippen molar-refractivity contribution in [3.8, 4) is 11.8 Å². The van der Waals surface area contributed by atoms with E-state index in [1.807, 2.05) is 25.2 Å². The number of fused-ring (bicyclic) bond motifs is 8. The molecule has 13 aliphatic rings. The first-order valence-electron chi connectivity index (χ1n) is 30.5. The zero-order valence-electron chi connectivity index (χ0n) is 45.3. The summed E-state index contributed by atoms with van der Waals surface area (Å²) in [6.45, 7) is 2.66. The number of aliphatic hydroxyl groups excluding tert-OH is 2. The summed E-state index contributed by atoms with van der Waals surface area (Å²) in [7, 11) is 1.93. The molecule has 21 unspecified atom stereocenters. The fourth-order valence-corrected chi connectivity index (χ4v) is 23.6. The van der Waals surface area contributed by atoms with Gasteiger partial charge in [-0.1, -0.05) is 86.9 Å². The van der Waals surface area contributed by atoms with Gasteiger partial charge in [-0.3, -0.25) is 0 Å². The van der Waals surface area contributed by atoms with Gasteiger partial charge in [-0.05, 0) is 191 Å². The Kier molecular flexibility index (Phi) is 12.1. The minimum atomic E-state index is -1.83. The van der Waals surface area contributed by atoms with E-state index in [0.717, 1.165) is 67.2 Å². The van der Waals surface area contributed by atoms with Crippen molar-refractivity contribution in [2.75, 3.05) is 20.3 Å². The molecule has 10 fully saturated rings. The van der Waals surface area contributed by atoms with Crippen molar-refractivity contribution in [2.24, 2.45) is 86.8 Å². The van der Waals surface area contributed by atoms with Gasteiger partial charge in [0.05, 0.1) is 35.9 Å². The molecular formula is C66H85NO9. The smallest absolute Gasteiger partial charge is 0.331 e. The summed E-state index contributed by atoms with van der Waals surface area (Å²) in [5.74, 6) is 7.38. The monoisotopic (exact) mass is 1040 g/mol. The molecule has 2 aromatic carbocycles. The molecule has 10 heteroatoms. The maximum absolute atomic E-state index is 15.6. The summed E-state index contributed by atoms with van der Waals surface area (Å²) in [6, 6.07) is 16.7. The summed E-state index contributed by atoms with van der Waals surface area (Å²) in [4.78, 5) is 29.6. The molecule has 10 nitrogen and oxygen atoms in total. The van der Waals surface area contributed by atoms with Crippen LogP contribution in [0.3, 0.4) is 0 Å². The van der Waals surface area contributed by atoms with Gasteiger partial charge < -0.3 is 45.1 Å². The summed E-state index contributed by atoms with van der Waals surface area (Å²) in [5, 5.41) is 71.7. The normalized spacial score (nSPS) is 49.1. The zero-order valence-corrected chi connectivity index (χ0v) is 45.3. The molecule has 0 aromatic heterocycles. The van der Waals surface area contributed by atoms with Gasteiger partial charge >= 0.3 is 5.97 Å².